The second-order valence-electron chi connectivity index (χ2n) is 3.00. The van der Waals surface area contributed by atoms with Crippen LogP contribution in [0.2, 0.25) is 25.7 Å². The minimum absolute atomic E-state index is 0.838. The zero-order chi connectivity index (χ0) is 5.91. The zero-order valence-electron chi connectivity index (χ0n) is 5.36. The predicted molar refractivity (Wildman–Crippen MR) is 37.0 cm³/mol. The molecule has 0 aliphatic carbocycles. The molecular weight excluding hydrogens is 100 g/mol. The summed E-state index contributed by atoms with van der Waals surface area (Å²) in [6, 6.07) is 1.13. The fourth-order valence-corrected chi connectivity index (χ4v) is 1.06. The maximum Gasteiger partial charge on any atom is 0.0480 e. The molecule has 0 aromatic rings. The van der Waals surface area contributed by atoms with E-state index in [1.807, 2.05) is 0 Å². The molecule has 7 heavy (non-hydrogen) atoms. The third-order valence-corrected chi connectivity index (χ3v) is 2.19. The summed E-state index contributed by atoms with van der Waals surface area (Å²) in [5, 5.41) is 0. The van der Waals surface area contributed by atoms with Crippen LogP contribution in [0.4, 0.5) is 0 Å². The molecule has 0 saturated carbocycles. The van der Waals surface area contributed by atoms with Crippen LogP contribution < -0.4 is 0 Å². The first-order valence-corrected chi connectivity index (χ1v) is 6.30. The van der Waals surface area contributed by atoms with Crippen molar-refractivity contribution in [2.45, 2.75) is 25.7 Å². The van der Waals surface area contributed by atoms with Gasteiger partial charge in [-0.05, 0) is 6.04 Å². The van der Waals surface area contributed by atoms with Gasteiger partial charge >= 0.3 is 0 Å². The van der Waals surface area contributed by atoms with Crippen LogP contribution in [0.25, 0.3) is 0 Å². The number of rotatable bonds is 2. The molecule has 0 rings (SSSR count). The standard InChI is InChI=1S/C6H13Si/c1-5-6-7(2,3)4/h1,5H,6H2,2-4H3. The van der Waals surface area contributed by atoms with Gasteiger partial charge in [0.2, 0.25) is 0 Å². The number of hydrogen-bond acceptors (Lipinski definition) is 0. The van der Waals surface area contributed by atoms with Gasteiger partial charge in [-0.2, -0.15) is 0 Å². The third kappa shape index (κ3) is 5.96. The average Bonchev–Trinajstić information content (AvgIpc) is 1.30. The fraction of sp³-hybridized carbons (Fsp3) is 0.667. The van der Waals surface area contributed by atoms with Crippen LogP contribution in [-0.2, 0) is 0 Å². The van der Waals surface area contributed by atoms with Gasteiger partial charge in [0.1, 0.15) is 0 Å². The molecule has 0 aromatic carbocycles. The first-order chi connectivity index (χ1) is 3.06. The van der Waals surface area contributed by atoms with E-state index in [2.05, 4.69) is 19.6 Å². The van der Waals surface area contributed by atoms with E-state index in [1.54, 1.807) is 6.08 Å². The van der Waals surface area contributed by atoms with Crippen molar-refractivity contribution in [3.05, 3.63) is 12.7 Å². The molecule has 0 heterocycles. The molecule has 0 aliphatic heterocycles. The average molecular weight is 113 g/mol. The summed E-state index contributed by atoms with van der Waals surface area (Å²) in [6.45, 7) is 12.1. The van der Waals surface area contributed by atoms with E-state index < -0.39 is 8.07 Å². The summed E-state index contributed by atoms with van der Waals surface area (Å²) in [5.74, 6) is 0. The Morgan fingerprint density at radius 3 is 1.86 bits per heavy atom. The first-order valence-electron chi connectivity index (χ1n) is 2.60. The van der Waals surface area contributed by atoms with Crippen molar-refractivity contribution in [3.63, 3.8) is 0 Å². The fourth-order valence-electron chi connectivity index (χ4n) is 0.354. The van der Waals surface area contributed by atoms with Crippen molar-refractivity contribution < 1.29 is 0 Å². The summed E-state index contributed by atoms with van der Waals surface area (Å²) >= 11 is 0. The van der Waals surface area contributed by atoms with Crippen LogP contribution in [0.15, 0.2) is 6.08 Å². The summed E-state index contributed by atoms with van der Waals surface area (Å²) < 4.78 is 0. The van der Waals surface area contributed by atoms with Gasteiger partial charge in [0.05, 0.1) is 0 Å². The van der Waals surface area contributed by atoms with E-state index in [-0.39, 0.29) is 0 Å². The highest BCUT2D eigenvalue weighted by Crippen LogP contribution is 2.06. The predicted octanol–water partition coefficient (Wildman–Crippen LogP) is 2.31. The smallest absolute Gasteiger partial charge is 0.0480 e. The maximum absolute atomic E-state index is 5.22. The molecule has 0 nitrogen and oxygen atoms in total. The molecule has 0 amide bonds. The topological polar surface area (TPSA) is 0 Å². The van der Waals surface area contributed by atoms with Gasteiger partial charge < -0.3 is 0 Å². The van der Waals surface area contributed by atoms with Crippen molar-refractivity contribution in [1.82, 2.24) is 0 Å². The highest BCUT2D eigenvalue weighted by atomic mass is 28.3. The van der Waals surface area contributed by atoms with Crippen molar-refractivity contribution in [2.75, 3.05) is 0 Å². The largest absolute Gasteiger partial charge is 0.0872 e. The minimum Gasteiger partial charge on any atom is -0.0872 e. The lowest BCUT2D eigenvalue weighted by Gasteiger charge is -2.10. The molecule has 1 heteroatoms. The van der Waals surface area contributed by atoms with Crippen LogP contribution in [0, 0.1) is 6.58 Å². The Labute approximate surface area is 47.3 Å². The Kier molecular flexibility index (Phi) is 2.30. The number of hydrogen-bond donors (Lipinski definition) is 0. The van der Waals surface area contributed by atoms with Crippen LogP contribution in [0.5, 0.6) is 0 Å². The molecule has 41 valence electrons. The number of allylic oxidation sites excluding steroid dienone is 1. The van der Waals surface area contributed by atoms with Gasteiger partial charge in [-0.3, -0.25) is 0 Å². The van der Waals surface area contributed by atoms with Crippen LogP contribution >= 0.6 is 0 Å². The molecule has 0 N–H and O–H groups in total. The second-order valence-corrected chi connectivity index (χ2v) is 8.53. The quantitative estimate of drug-likeness (QED) is 0.482. The Morgan fingerprint density at radius 2 is 1.86 bits per heavy atom. The molecule has 0 spiro atoms. The second kappa shape index (κ2) is 2.31. The molecule has 1 radical (unpaired) electrons. The summed E-state index contributed by atoms with van der Waals surface area (Å²) in [6.07, 6.45) is 1.77. The van der Waals surface area contributed by atoms with Crippen molar-refractivity contribution in [3.8, 4) is 0 Å². The molecule has 0 bridgehead atoms. The van der Waals surface area contributed by atoms with E-state index in [9.17, 15) is 0 Å². The van der Waals surface area contributed by atoms with Crippen LogP contribution in [-0.4, -0.2) is 8.07 Å². The summed E-state index contributed by atoms with van der Waals surface area (Å²) in [4.78, 5) is 0. The molecule has 0 aromatic heterocycles. The molecule has 0 fully saturated rings. The van der Waals surface area contributed by atoms with E-state index in [0.717, 1.165) is 6.04 Å². The lowest BCUT2D eigenvalue weighted by Crippen LogP contribution is -2.16. The first kappa shape index (κ1) is 6.96. The van der Waals surface area contributed by atoms with Crippen molar-refractivity contribution in [1.29, 1.82) is 0 Å². The van der Waals surface area contributed by atoms with Gasteiger partial charge in [0.25, 0.3) is 0 Å². The van der Waals surface area contributed by atoms with E-state index in [4.69, 9.17) is 6.58 Å². The highest BCUT2D eigenvalue weighted by Gasteiger charge is 2.08. The molecule has 0 saturated heterocycles. The van der Waals surface area contributed by atoms with Crippen molar-refractivity contribution in [2.24, 2.45) is 0 Å². The zero-order valence-corrected chi connectivity index (χ0v) is 6.36. The minimum atomic E-state index is -0.838. The lowest BCUT2D eigenvalue weighted by molar-refractivity contribution is 1.52. The van der Waals surface area contributed by atoms with E-state index >= 15 is 0 Å². The maximum atomic E-state index is 5.22. The SMILES string of the molecule is [CH]=CC[Si](C)(C)C. The molecule has 0 unspecified atom stereocenters. The molecular formula is C6H13Si. The van der Waals surface area contributed by atoms with Crippen LogP contribution in [0.3, 0.4) is 0 Å². The van der Waals surface area contributed by atoms with Gasteiger partial charge in [-0.25, -0.2) is 0 Å². The Bertz CT molecular complexity index is 59.1. The Morgan fingerprint density at radius 1 is 1.43 bits per heavy atom. The van der Waals surface area contributed by atoms with Crippen LogP contribution in [0.1, 0.15) is 0 Å². The Balaban J connectivity index is 3.34. The lowest BCUT2D eigenvalue weighted by atomic mass is 10.8. The summed E-state index contributed by atoms with van der Waals surface area (Å²) in [7, 11) is -0.838. The monoisotopic (exact) mass is 113 g/mol. The highest BCUT2D eigenvalue weighted by molar-refractivity contribution is 6.76. The van der Waals surface area contributed by atoms with Gasteiger partial charge in [-0.1, -0.05) is 32.3 Å². The summed E-state index contributed by atoms with van der Waals surface area (Å²) in [5.41, 5.74) is 0. The van der Waals surface area contributed by atoms with Gasteiger partial charge in [-0.15, -0.1) is 0 Å². The van der Waals surface area contributed by atoms with Crippen molar-refractivity contribution >= 4 is 8.07 Å². The third-order valence-electron chi connectivity index (χ3n) is 0.730. The van der Waals surface area contributed by atoms with E-state index in [0.29, 0.717) is 0 Å². The molecule has 0 aliphatic rings. The Hall–Kier alpha value is -0.0431. The normalized spacial score (nSPS) is 11.3. The molecule has 0 atom stereocenters. The van der Waals surface area contributed by atoms with E-state index in [1.165, 1.54) is 0 Å². The van der Waals surface area contributed by atoms with Gasteiger partial charge in [0, 0.05) is 8.07 Å². The van der Waals surface area contributed by atoms with Gasteiger partial charge in [0.15, 0.2) is 0 Å².